The number of nitrogens with one attached hydrogen (secondary N) is 1. The smallest absolute Gasteiger partial charge is 0.184 e. The lowest BCUT2D eigenvalue weighted by molar-refractivity contribution is 0.453. The molecule has 4 nitrogen and oxygen atoms in total. The Kier molecular flexibility index (Phi) is 3.16. The van der Waals surface area contributed by atoms with Crippen molar-refractivity contribution in [3.05, 3.63) is 24.3 Å². The number of hydrogen-bond donors (Lipinski definition) is 2. The second-order valence-corrected chi connectivity index (χ2v) is 6.16. The van der Waals surface area contributed by atoms with Crippen LogP contribution in [0.15, 0.2) is 29.2 Å². The maximum Gasteiger partial charge on any atom is 0.184 e. The Labute approximate surface area is 95.2 Å². The van der Waals surface area contributed by atoms with Gasteiger partial charge >= 0.3 is 0 Å². The Morgan fingerprint density at radius 1 is 1.19 bits per heavy atom. The molecule has 1 aromatic rings. The van der Waals surface area contributed by atoms with Crippen molar-refractivity contribution in [2.45, 2.75) is 23.0 Å². The lowest BCUT2D eigenvalue weighted by Gasteiger charge is -2.22. The van der Waals surface area contributed by atoms with Gasteiger partial charge in [-0.2, -0.15) is 0 Å². The normalized spacial score (nSPS) is 18.5. The third kappa shape index (κ3) is 2.05. The van der Waals surface area contributed by atoms with Gasteiger partial charge in [0.25, 0.3) is 0 Å². The first-order valence-corrected chi connectivity index (χ1v) is 6.89. The monoisotopic (exact) mass is 241 g/mol. The molecule has 1 heterocycles. The van der Waals surface area contributed by atoms with Crippen molar-refractivity contribution < 1.29 is 13.5 Å². The fraction of sp³-hybridized carbons (Fsp3) is 0.455. The van der Waals surface area contributed by atoms with E-state index < -0.39 is 9.84 Å². The highest BCUT2D eigenvalue weighted by Crippen LogP contribution is 2.28. The van der Waals surface area contributed by atoms with Gasteiger partial charge in [-0.3, -0.25) is 0 Å². The topological polar surface area (TPSA) is 66.4 Å². The van der Waals surface area contributed by atoms with Crippen LogP contribution in [0.2, 0.25) is 0 Å². The molecule has 5 heteroatoms. The fourth-order valence-electron chi connectivity index (χ4n) is 1.98. The minimum Gasteiger partial charge on any atom is -0.507 e. The van der Waals surface area contributed by atoms with Gasteiger partial charge < -0.3 is 10.4 Å². The van der Waals surface area contributed by atoms with E-state index in [0.717, 1.165) is 13.1 Å². The zero-order valence-electron chi connectivity index (χ0n) is 8.89. The minimum atomic E-state index is -3.38. The molecule has 0 amide bonds. The molecule has 0 bridgehead atoms. The SMILES string of the molecule is O=S(=O)(c1ccccc1O)C1CCNCC1. The molecule has 16 heavy (non-hydrogen) atoms. The third-order valence-electron chi connectivity index (χ3n) is 2.90. The van der Waals surface area contributed by atoms with E-state index in [-0.39, 0.29) is 15.9 Å². The van der Waals surface area contributed by atoms with Gasteiger partial charge in [-0.05, 0) is 38.1 Å². The van der Waals surface area contributed by atoms with Crippen LogP contribution in [0.1, 0.15) is 12.8 Å². The highest BCUT2D eigenvalue weighted by molar-refractivity contribution is 7.92. The molecule has 0 spiro atoms. The molecule has 1 aliphatic heterocycles. The maximum absolute atomic E-state index is 12.2. The Morgan fingerprint density at radius 3 is 2.44 bits per heavy atom. The predicted molar refractivity (Wildman–Crippen MR) is 61.2 cm³/mol. The molecule has 0 unspecified atom stereocenters. The molecule has 0 aliphatic carbocycles. The van der Waals surface area contributed by atoms with Gasteiger partial charge in [0.1, 0.15) is 10.6 Å². The Hall–Kier alpha value is -1.07. The van der Waals surface area contributed by atoms with E-state index in [1.165, 1.54) is 12.1 Å². The van der Waals surface area contributed by atoms with Gasteiger partial charge in [0.2, 0.25) is 0 Å². The third-order valence-corrected chi connectivity index (χ3v) is 5.20. The van der Waals surface area contributed by atoms with E-state index in [2.05, 4.69) is 5.32 Å². The zero-order valence-corrected chi connectivity index (χ0v) is 9.70. The van der Waals surface area contributed by atoms with E-state index in [4.69, 9.17) is 0 Å². The van der Waals surface area contributed by atoms with Crippen molar-refractivity contribution in [1.82, 2.24) is 5.32 Å². The van der Waals surface area contributed by atoms with Gasteiger partial charge in [0.05, 0.1) is 5.25 Å². The second kappa shape index (κ2) is 4.43. The molecule has 88 valence electrons. The molecule has 0 saturated carbocycles. The first kappa shape index (κ1) is 11.4. The summed E-state index contributed by atoms with van der Waals surface area (Å²) in [7, 11) is -3.38. The number of rotatable bonds is 2. The number of benzene rings is 1. The summed E-state index contributed by atoms with van der Waals surface area (Å²) in [5, 5.41) is 12.3. The summed E-state index contributed by atoms with van der Waals surface area (Å²) >= 11 is 0. The van der Waals surface area contributed by atoms with Crippen molar-refractivity contribution in [2.24, 2.45) is 0 Å². The summed E-state index contributed by atoms with van der Waals surface area (Å²) < 4.78 is 24.4. The van der Waals surface area contributed by atoms with Gasteiger partial charge in [0, 0.05) is 0 Å². The van der Waals surface area contributed by atoms with Crippen molar-refractivity contribution in [2.75, 3.05) is 13.1 Å². The average Bonchev–Trinajstić information content (AvgIpc) is 2.30. The standard InChI is InChI=1S/C11H15NO3S/c13-10-3-1-2-4-11(10)16(14,15)9-5-7-12-8-6-9/h1-4,9,12-13H,5-8H2. The fourth-order valence-corrected chi connectivity index (χ4v) is 3.83. The zero-order chi connectivity index (χ0) is 11.6. The average molecular weight is 241 g/mol. The summed E-state index contributed by atoms with van der Waals surface area (Å²) in [5.41, 5.74) is 0. The summed E-state index contributed by atoms with van der Waals surface area (Å²) in [6, 6.07) is 6.13. The summed E-state index contributed by atoms with van der Waals surface area (Å²) in [6.45, 7) is 1.44. The van der Waals surface area contributed by atoms with Crippen LogP contribution in [0.25, 0.3) is 0 Å². The Bertz CT molecular complexity index is 464. The van der Waals surface area contributed by atoms with E-state index >= 15 is 0 Å². The van der Waals surface area contributed by atoms with Gasteiger partial charge in [-0.15, -0.1) is 0 Å². The number of phenols is 1. The molecule has 2 rings (SSSR count). The largest absolute Gasteiger partial charge is 0.507 e. The van der Waals surface area contributed by atoms with E-state index in [1.807, 2.05) is 0 Å². The number of piperidine rings is 1. The summed E-state index contributed by atoms with van der Waals surface area (Å²) in [4.78, 5) is 0.0573. The minimum absolute atomic E-state index is 0.0573. The number of aromatic hydroxyl groups is 1. The van der Waals surface area contributed by atoms with Crippen LogP contribution in [0.5, 0.6) is 5.75 Å². The van der Waals surface area contributed by atoms with Crippen LogP contribution in [0, 0.1) is 0 Å². The number of sulfone groups is 1. The Balaban J connectivity index is 2.35. The van der Waals surface area contributed by atoms with Crippen molar-refractivity contribution in [1.29, 1.82) is 0 Å². The first-order valence-electron chi connectivity index (χ1n) is 5.35. The number of para-hydroxylation sites is 1. The molecule has 0 atom stereocenters. The van der Waals surface area contributed by atoms with Crippen molar-refractivity contribution >= 4 is 9.84 Å². The van der Waals surface area contributed by atoms with Crippen molar-refractivity contribution in [3.8, 4) is 5.75 Å². The molecule has 0 aromatic heterocycles. The second-order valence-electron chi connectivity index (χ2n) is 3.96. The van der Waals surface area contributed by atoms with Crippen LogP contribution >= 0.6 is 0 Å². The predicted octanol–water partition coefficient (Wildman–Crippen LogP) is 0.918. The summed E-state index contributed by atoms with van der Waals surface area (Å²) in [6.07, 6.45) is 1.22. The van der Waals surface area contributed by atoms with E-state index in [0.29, 0.717) is 12.8 Å². The van der Waals surface area contributed by atoms with Crippen LogP contribution in [0.4, 0.5) is 0 Å². The van der Waals surface area contributed by atoms with Gasteiger partial charge in [-0.25, -0.2) is 8.42 Å². The molecule has 1 saturated heterocycles. The number of phenolic OH excluding ortho intramolecular Hbond substituents is 1. The van der Waals surface area contributed by atoms with E-state index in [1.54, 1.807) is 12.1 Å². The number of hydrogen-bond acceptors (Lipinski definition) is 4. The van der Waals surface area contributed by atoms with Crippen LogP contribution < -0.4 is 5.32 Å². The van der Waals surface area contributed by atoms with Crippen LogP contribution in [-0.2, 0) is 9.84 Å². The first-order chi connectivity index (χ1) is 7.62. The lowest BCUT2D eigenvalue weighted by atomic mass is 10.2. The van der Waals surface area contributed by atoms with E-state index in [9.17, 15) is 13.5 Å². The Morgan fingerprint density at radius 2 is 1.81 bits per heavy atom. The molecular weight excluding hydrogens is 226 g/mol. The molecule has 1 aliphatic rings. The maximum atomic E-state index is 12.2. The van der Waals surface area contributed by atoms with Gasteiger partial charge in [0.15, 0.2) is 9.84 Å². The van der Waals surface area contributed by atoms with Gasteiger partial charge in [-0.1, -0.05) is 12.1 Å². The molecular formula is C11H15NO3S. The van der Waals surface area contributed by atoms with Crippen molar-refractivity contribution in [3.63, 3.8) is 0 Å². The highest BCUT2D eigenvalue weighted by atomic mass is 32.2. The molecule has 0 radical (unpaired) electrons. The van der Waals surface area contributed by atoms with Crippen LogP contribution in [0.3, 0.4) is 0 Å². The molecule has 1 aromatic carbocycles. The summed E-state index contributed by atoms with van der Waals surface area (Å²) in [5.74, 6) is -0.152. The quantitative estimate of drug-likeness (QED) is 0.808. The van der Waals surface area contributed by atoms with Crippen LogP contribution in [-0.4, -0.2) is 31.9 Å². The molecule has 1 fully saturated rings. The molecule has 2 N–H and O–H groups in total. The highest BCUT2D eigenvalue weighted by Gasteiger charge is 2.30. The lowest BCUT2D eigenvalue weighted by Crippen LogP contribution is -2.35.